The number of hydrogen-bond donors (Lipinski definition) is 0. The number of allylic oxidation sites excluding steroid dienone is 1. The second kappa shape index (κ2) is 5.43. The molecule has 0 aliphatic carbocycles. The number of methoxy groups -OCH3 is 2. The van der Waals surface area contributed by atoms with E-state index in [2.05, 4.69) is 0 Å². The van der Waals surface area contributed by atoms with E-state index in [1.54, 1.807) is 43.5 Å². The molecular formula is C12H10N2O2. The molecular weight excluding hydrogens is 204 g/mol. The Labute approximate surface area is 93.9 Å². The molecule has 16 heavy (non-hydrogen) atoms. The highest BCUT2D eigenvalue weighted by molar-refractivity contribution is 5.71. The number of nitriles is 2. The van der Waals surface area contributed by atoms with E-state index in [0.717, 1.165) is 0 Å². The fourth-order valence-electron chi connectivity index (χ4n) is 1.26. The largest absolute Gasteiger partial charge is 0.497 e. The summed E-state index contributed by atoms with van der Waals surface area (Å²) in [7, 11) is 2.97. The Bertz CT molecular complexity index is 476. The summed E-state index contributed by atoms with van der Waals surface area (Å²) in [5, 5.41) is 17.5. The van der Waals surface area contributed by atoms with Gasteiger partial charge < -0.3 is 9.47 Å². The highest BCUT2D eigenvalue weighted by Gasteiger charge is 2.10. The second-order valence-electron chi connectivity index (χ2n) is 2.86. The Morgan fingerprint density at radius 1 is 1.19 bits per heavy atom. The van der Waals surface area contributed by atoms with Crippen molar-refractivity contribution in [2.75, 3.05) is 14.2 Å². The van der Waals surface area contributed by atoms with Crippen molar-refractivity contribution in [3.63, 3.8) is 0 Å². The Morgan fingerprint density at radius 2 is 1.88 bits per heavy atom. The van der Waals surface area contributed by atoms with E-state index in [0.29, 0.717) is 11.3 Å². The number of hydrogen-bond acceptors (Lipinski definition) is 4. The summed E-state index contributed by atoms with van der Waals surface area (Å²) >= 11 is 0. The van der Waals surface area contributed by atoms with Crippen LogP contribution >= 0.6 is 0 Å². The van der Waals surface area contributed by atoms with Crippen molar-refractivity contribution >= 4 is 5.76 Å². The minimum absolute atomic E-state index is 0.0595. The maximum Gasteiger partial charge on any atom is 0.172 e. The maximum absolute atomic E-state index is 8.77. The zero-order chi connectivity index (χ0) is 12.0. The molecule has 1 rings (SSSR count). The lowest BCUT2D eigenvalue weighted by molar-refractivity contribution is 0.368. The van der Waals surface area contributed by atoms with Crippen LogP contribution in [-0.2, 0) is 4.74 Å². The molecule has 0 saturated heterocycles. The van der Waals surface area contributed by atoms with Gasteiger partial charge in [0.2, 0.25) is 0 Å². The van der Waals surface area contributed by atoms with Crippen molar-refractivity contribution in [3.05, 3.63) is 35.4 Å². The van der Waals surface area contributed by atoms with Gasteiger partial charge in [-0.1, -0.05) is 12.1 Å². The molecule has 0 fully saturated rings. The lowest BCUT2D eigenvalue weighted by Crippen LogP contribution is -1.93. The summed E-state index contributed by atoms with van der Waals surface area (Å²) in [6, 6.07) is 10.6. The third kappa shape index (κ3) is 2.31. The van der Waals surface area contributed by atoms with Crippen LogP contribution in [-0.4, -0.2) is 14.2 Å². The quantitative estimate of drug-likeness (QED) is 0.570. The first kappa shape index (κ1) is 11.6. The fourth-order valence-corrected chi connectivity index (χ4v) is 1.26. The first-order valence-corrected chi connectivity index (χ1v) is 4.49. The Kier molecular flexibility index (Phi) is 3.94. The summed E-state index contributed by atoms with van der Waals surface area (Å²) in [4.78, 5) is 0. The third-order valence-electron chi connectivity index (χ3n) is 1.99. The van der Waals surface area contributed by atoms with Crippen LogP contribution in [0.15, 0.2) is 29.8 Å². The number of benzene rings is 1. The Hall–Kier alpha value is -2.46. The van der Waals surface area contributed by atoms with Crippen molar-refractivity contribution in [1.29, 1.82) is 10.5 Å². The predicted molar refractivity (Wildman–Crippen MR) is 58.1 cm³/mol. The molecule has 4 nitrogen and oxygen atoms in total. The molecule has 0 saturated carbocycles. The van der Waals surface area contributed by atoms with Gasteiger partial charge in [-0.2, -0.15) is 10.5 Å². The van der Waals surface area contributed by atoms with E-state index in [1.165, 1.54) is 7.11 Å². The average Bonchev–Trinajstić information content (AvgIpc) is 2.35. The van der Waals surface area contributed by atoms with Gasteiger partial charge in [-0.3, -0.25) is 0 Å². The molecule has 0 aromatic heterocycles. The minimum Gasteiger partial charge on any atom is -0.497 e. The van der Waals surface area contributed by atoms with Crippen LogP contribution in [0.2, 0.25) is 0 Å². The van der Waals surface area contributed by atoms with Crippen molar-refractivity contribution < 1.29 is 9.47 Å². The van der Waals surface area contributed by atoms with Crippen LogP contribution in [0, 0.1) is 22.7 Å². The van der Waals surface area contributed by atoms with Crippen LogP contribution in [0.1, 0.15) is 5.56 Å². The Balaban J connectivity index is 3.31. The average molecular weight is 214 g/mol. The van der Waals surface area contributed by atoms with Gasteiger partial charge in [-0.15, -0.1) is 0 Å². The van der Waals surface area contributed by atoms with E-state index in [4.69, 9.17) is 20.0 Å². The molecule has 0 amide bonds. The van der Waals surface area contributed by atoms with Crippen LogP contribution in [0.25, 0.3) is 5.76 Å². The molecule has 1 aromatic carbocycles. The normalized spacial score (nSPS) is 8.50. The molecule has 0 N–H and O–H groups in total. The van der Waals surface area contributed by atoms with Gasteiger partial charge in [0.1, 0.15) is 17.9 Å². The third-order valence-corrected chi connectivity index (χ3v) is 1.99. The standard InChI is InChI=1S/C12H10N2O2/c1-15-11-5-3-4-9(6-11)12(16-2)10(7-13)8-14/h3-6H,1-2H3. The van der Waals surface area contributed by atoms with Crippen LogP contribution in [0.4, 0.5) is 0 Å². The molecule has 0 unspecified atom stereocenters. The first-order valence-electron chi connectivity index (χ1n) is 4.49. The van der Waals surface area contributed by atoms with Gasteiger partial charge in [0.25, 0.3) is 0 Å². The monoisotopic (exact) mass is 214 g/mol. The number of nitrogens with zero attached hydrogens (tertiary/aromatic N) is 2. The van der Waals surface area contributed by atoms with E-state index in [-0.39, 0.29) is 11.3 Å². The minimum atomic E-state index is -0.0595. The molecule has 0 aliphatic heterocycles. The zero-order valence-electron chi connectivity index (χ0n) is 9.02. The highest BCUT2D eigenvalue weighted by Crippen LogP contribution is 2.22. The summed E-state index contributed by atoms with van der Waals surface area (Å²) in [6.07, 6.45) is 0. The molecule has 0 bridgehead atoms. The van der Waals surface area contributed by atoms with Crippen molar-refractivity contribution in [2.24, 2.45) is 0 Å². The number of ether oxygens (including phenoxy) is 2. The van der Waals surface area contributed by atoms with Gasteiger partial charge in [-0.25, -0.2) is 0 Å². The van der Waals surface area contributed by atoms with Gasteiger partial charge in [0.15, 0.2) is 11.3 Å². The molecule has 1 aromatic rings. The molecule has 80 valence electrons. The lowest BCUT2D eigenvalue weighted by atomic mass is 10.1. The van der Waals surface area contributed by atoms with Crippen LogP contribution in [0.3, 0.4) is 0 Å². The molecule has 0 atom stereocenters. The van der Waals surface area contributed by atoms with Crippen LogP contribution < -0.4 is 4.74 Å². The van der Waals surface area contributed by atoms with Gasteiger partial charge in [0, 0.05) is 5.56 Å². The predicted octanol–water partition coefficient (Wildman–Crippen LogP) is 2.10. The van der Waals surface area contributed by atoms with Gasteiger partial charge >= 0.3 is 0 Å². The first-order chi connectivity index (χ1) is 7.76. The number of rotatable bonds is 3. The summed E-state index contributed by atoms with van der Waals surface area (Å²) in [5.74, 6) is 0.895. The van der Waals surface area contributed by atoms with E-state index in [9.17, 15) is 0 Å². The molecule has 0 radical (unpaired) electrons. The molecule has 0 aliphatic rings. The van der Waals surface area contributed by atoms with Gasteiger partial charge in [0.05, 0.1) is 14.2 Å². The fraction of sp³-hybridized carbons (Fsp3) is 0.167. The smallest absolute Gasteiger partial charge is 0.172 e. The summed E-state index contributed by atoms with van der Waals surface area (Å²) in [6.45, 7) is 0. The van der Waals surface area contributed by atoms with E-state index in [1.807, 2.05) is 0 Å². The highest BCUT2D eigenvalue weighted by atomic mass is 16.5. The molecule has 4 heteroatoms. The van der Waals surface area contributed by atoms with Crippen molar-refractivity contribution in [2.45, 2.75) is 0 Å². The SMILES string of the molecule is COC(=C(C#N)C#N)c1cccc(OC)c1. The maximum atomic E-state index is 8.77. The van der Waals surface area contributed by atoms with Crippen molar-refractivity contribution in [3.8, 4) is 17.9 Å². The van der Waals surface area contributed by atoms with E-state index >= 15 is 0 Å². The van der Waals surface area contributed by atoms with Gasteiger partial charge in [-0.05, 0) is 12.1 Å². The molecule has 0 spiro atoms. The summed E-state index contributed by atoms with van der Waals surface area (Å²) < 4.78 is 10.1. The van der Waals surface area contributed by atoms with Crippen molar-refractivity contribution in [1.82, 2.24) is 0 Å². The topological polar surface area (TPSA) is 66.0 Å². The zero-order valence-corrected chi connectivity index (χ0v) is 9.02. The van der Waals surface area contributed by atoms with Crippen LogP contribution in [0.5, 0.6) is 5.75 Å². The summed E-state index contributed by atoms with van der Waals surface area (Å²) in [5.41, 5.74) is 0.579. The Morgan fingerprint density at radius 3 is 2.38 bits per heavy atom. The second-order valence-corrected chi connectivity index (χ2v) is 2.86. The molecule has 0 heterocycles. The van der Waals surface area contributed by atoms with E-state index < -0.39 is 0 Å². The lowest BCUT2D eigenvalue weighted by Gasteiger charge is -2.07.